The lowest BCUT2D eigenvalue weighted by Gasteiger charge is -2.17. The quantitative estimate of drug-likeness (QED) is 0.707. The van der Waals surface area contributed by atoms with Crippen LogP contribution in [-0.4, -0.2) is 5.91 Å². The SMILES string of the molecule is CC(C)C(=O)N1NNc2ccccc21. The van der Waals surface area contributed by atoms with Gasteiger partial charge in [0.05, 0.1) is 11.4 Å². The first-order chi connectivity index (χ1) is 6.70. The fourth-order valence-electron chi connectivity index (χ4n) is 1.38. The summed E-state index contributed by atoms with van der Waals surface area (Å²) in [6, 6.07) is 7.67. The van der Waals surface area contributed by atoms with Crippen LogP contribution in [0.2, 0.25) is 0 Å². The van der Waals surface area contributed by atoms with E-state index in [2.05, 4.69) is 11.0 Å². The van der Waals surface area contributed by atoms with Crippen molar-refractivity contribution >= 4 is 17.3 Å². The fraction of sp³-hybridized carbons (Fsp3) is 0.300. The molecule has 1 aromatic rings. The summed E-state index contributed by atoms with van der Waals surface area (Å²) in [5.74, 6) is 0.0397. The highest BCUT2D eigenvalue weighted by Crippen LogP contribution is 2.28. The van der Waals surface area contributed by atoms with Crippen molar-refractivity contribution in [2.45, 2.75) is 13.8 Å². The van der Waals surface area contributed by atoms with Crippen molar-refractivity contribution in [3.63, 3.8) is 0 Å². The molecule has 0 aromatic heterocycles. The molecule has 0 unspecified atom stereocenters. The third-order valence-corrected chi connectivity index (χ3v) is 2.16. The molecule has 2 N–H and O–H groups in total. The number of nitrogens with zero attached hydrogens (tertiary/aromatic N) is 1. The minimum absolute atomic E-state index is 0.0181. The van der Waals surface area contributed by atoms with E-state index >= 15 is 0 Å². The summed E-state index contributed by atoms with van der Waals surface area (Å²) in [6.45, 7) is 3.76. The number of hydrogen-bond acceptors (Lipinski definition) is 3. The third-order valence-electron chi connectivity index (χ3n) is 2.16. The van der Waals surface area contributed by atoms with E-state index in [1.165, 1.54) is 0 Å². The van der Waals surface area contributed by atoms with E-state index < -0.39 is 0 Å². The highest BCUT2D eigenvalue weighted by atomic mass is 16.2. The van der Waals surface area contributed by atoms with Crippen molar-refractivity contribution in [2.75, 3.05) is 10.4 Å². The van der Waals surface area contributed by atoms with E-state index in [0.717, 1.165) is 11.4 Å². The van der Waals surface area contributed by atoms with Crippen molar-refractivity contribution in [2.24, 2.45) is 5.92 Å². The van der Waals surface area contributed by atoms with Gasteiger partial charge in [0.15, 0.2) is 0 Å². The highest BCUT2D eigenvalue weighted by molar-refractivity contribution is 5.98. The van der Waals surface area contributed by atoms with Crippen molar-refractivity contribution in [1.82, 2.24) is 5.53 Å². The van der Waals surface area contributed by atoms with Crippen LogP contribution in [0.4, 0.5) is 11.4 Å². The van der Waals surface area contributed by atoms with E-state index in [-0.39, 0.29) is 11.8 Å². The number of benzene rings is 1. The molecular formula is C10H13N3O. The number of anilines is 2. The molecule has 74 valence electrons. The number of para-hydroxylation sites is 2. The molecule has 0 saturated heterocycles. The number of hydrazine groups is 2. The predicted octanol–water partition coefficient (Wildman–Crippen LogP) is 1.52. The Morgan fingerprint density at radius 3 is 2.79 bits per heavy atom. The van der Waals surface area contributed by atoms with Gasteiger partial charge in [-0.3, -0.25) is 4.79 Å². The molecule has 0 bridgehead atoms. The van der Waals surface area contributed by atoms with Gasteiger partial charge in [0.25, 0.3) is 0 Å². The van der Waals surface area contributed by atoms with E-state index in [1.807, 2.05) is 38.1 Å². The maximum atomic E-state index is 11.7. The zero-order chi connectivity index (χ0) is 10.1. The Morgan fingerprint density at radius 1 is 1.36 bits per heavy atom. The Kier molecular flexibility index (Phi) is 2.13. The Bertz CT molecular complexity index is 362. The summed E-state index contributed by atoms with van der Waals surface area (Å²) in [5, 5.41) is 1.54. The highest BCUT2D eigenvalue weighted by Gasteiger charge is 2.25. The molecule has 2 rings (SSSR count). The summed E-state index contributed by atoms with van der Waals surface area (Å²) < 4.78 is 0. The van der Waals surface area contributed by atoms with Gasteiger partial charge in [-0.2, -0.15) is 0 Å². The number of amides is 1. The third kappa shape index (κ3) is 1.33. The smallest absolute Gasteiger partial charge is 0.245 e. The summed E-state index contributed by atoms with van der Waals surface area (Å²) in [7, 11) is 0. The Labute approximate surface area is 82.8 Å². The van der Waals surface area contributed by atoms with Gasteiger partial charge in [-0.15, -0.1) is 5.53 Å². The van der Waals surface area contributed by atoms with Gasteiger partial charge in [0, 0.05) is 5.92 Å². The standard InChI is InChI=1S/C10H13N3O/c1-7(2)10(14)13-9-6-4-3-5-8(9)11-12-13/h3-7,11-12H,1-2H3. The zero-order valence-electron chi connectivity index (χ0n) is 8.24. The van der Waals surface area contributed by atoms with E-state index in [0.29, 0.717) is 0 Å². The second-order valence-corrected chi connectivity index (χ2v) is 3.58. The molecule has 4 nitrogen and oxygen atoms in total. The van der Waals surface area contributed by atoms with Crippen molar-refractivity contribution in [3.05, 3.63) is 24.3 Å². The molecular weight excluding hydrogens is 178 g/mol. The summed E-state index contributed by atoms with van der Waals surface area (Å²) in [4.78, 5) is 11.7. The average molecular weight is 191 g/mol. The first-order valence-electron chi connectivity index (χ1n) is 4.65. The van der Waals surface area contributed by atoms with Crippen LogP contribution in [0.25, 0.3) is 0 Å². The van der Waals surface area contributed by atoms with Crippen LogP contribution in [0.15, 0.2) is 24.3 Å². The second-order valence-electron chi connectivity index (χ2n) is 3.58. The summed E-state index contributed by atoms with van der Waals surface area (Å²) in [6.07, 6.45) is 0. The molecule has 14 heavy (non-hydrogen) atoms. The van der Waals surface area contributed by atoms with Crippen LogP contribution in [0.3, 0.4) is 0 Å². The van der Waals surface area contributed by atoms with Gasteiger partial charge in [0.2, 0.25) is 5.91 Å². The van der Waals surface area contributed by atoms with Crippen LogP contribution < -0.4 is 16.0 Å². The molecule has 1 aliphatic rings. The fourth-order valence-corrected chi connectivity index (χ4v) is 1.38. The van der Waals surface area contributed by atoms with Crippen LogP contribution >= 0.6 is 0 Å². The van der Waals surface area contributed by atoms with E-state index in [9.17, 15) is 4.79 Å². The lowest BCUT2D eigenvalue weighted by atomic mass is 10.2. The Balaban J connectivity index is 2.30. The summed E-state index contributed by atoms with van der Waals surface area (Å²) >= 11 is 0. The molecule has 0 atom stereocenters. The first-order valence-corrected chi connectivity index (χ1v) is 4.65. The molecule has 0 radical (unpaired) electrons. The number of fused-ring (bicyclic) bond motifs is 1. The van der Waals surface area contributed by atoms with Crippen LogP contribution in [0.1, 0.15) is 13.8 Å². The van der Waals surface area contributed by atoms with Gasteiger partial charge >= 0.3 is 0 Å². The van der Waals surface area contributed by atoms with Gasteiger partial charge in [-0.1, -0.05) is 26.0 Å². The normalized spacial score (nSPS) is 14.1. The monoisotopic (exact) mass is 191 g/mol. The number of nitrogens with one attached hydrogen (secondary N) is 2. The maximum Gasteiger partial charge on any atom is 0.245 e. The topological polar surface area (TPSA) is 44.4 Å². The molecule has 0 fully saturated rings. The largest absolute Gasteiger partial charge is 0.301 e. The van der Waals surface area contributed by atoms with Crippen molar-refractivity contribution < 1.29 is 4.79 Å². The molecule has 0 spiro atoms. The predicted molar refractivity (Wildman–Crippen MR) is 55.5 cm³/mol. The first kappa shape index (κ1) is 9.02. The van der Waals surface area contributed by atoms with Crippen LogP contribution in [-0.2, 0) is 4.79 Å². The average Bonchev–Trinajstić information content (AvgIpc) is 2.60. The molecule has 1 aliphatic heterocycles. The van der Waals surface area contributed by atoms with Crippen LogP contribution in [0.5, 0.6) is 0 Å². The molecule has 4 heteroatoms. The molecule has 0 saturated carbocycles. The molecule has 0 aliphatic carbocycles. The van der Waals surface area contributed by atoms with Gasteiger partial charge in [0.1, 0.15) is 0 Å². The van der Waals surface area contributed by atoms with Gasteiger partial charge in [-0.25, -0.2) is 5.01 Å². The van der Waals surface area contributed by atoms with Crippen molar-refractivity contribution in [1.29, 1.82) is 0 Å². The van der Waals surface area contributed by atoms with Gasteiger partial charge < -0.3 is 5.43 Å². The molecule has 1 heterocycles. The number of hydrogen-bond donors (Lipinski definition) is 2. The lowest BCUT2D eigenvalue weighted by molar-refractivity contribution is -0.121. The Hall–Kier alpha value is -1.55. The minimum Gasteiger partial charge on any atom is -0.301 e. The van der Waals surface area contributed by atoms with E-state index in [1.54, 1.807) is 5.01 Å². The summed E-state index contributed by atoms with van der Waals surface area (Å²) in [5.41, 5.74) is 7.59. The lowest BCUT2D eigenvalue weighted by Crippen LogP contribution is -2.43. The Morgan fingerprint density at radius 2 is 2.07 bits per heavy atom. The van der Waals surface area contributed by atoms with Crippen molar-refractivity contribution in [3.8, 4) is 0 Å². The van der Waals surface area contributed by atoms with Crippen LogP contribution in [0, 0.1) is 5.92 Å². The minimum atomic E-state index is -0.0181. The molecule has 1 aromatic carbocycles. The second kappa shape index (κ2) is 3.31. The van der Waals surface area contributed by atoms with Gasteiger partial charge in [-0.05, 0) is 12.1 Å². The van der Waals surface area contributed by atoms with E-state index in [4.69, 9.17) is 0 Å². The number of rotatable bonds is 1. The molecule has 1 amide bonds. The number of carbonyl (C=O) groups is 1. The maximum absolute atomic E-state index is 11.7. The zero-order valence-corrected chi connectivity index (χ0v) is 8.24. The number of carbonyl (C=O) groups excluding carboxylic acids is 1.